The fourth-order valence-electron chi connectivity index (χ4n) is 4.00. The van der Waals surface area contributed by atoms with Crippen molar-refractivity contribution in [1.29, 1.82) is 0 Å². The molecule has 1 atom stereocenters. The van der Waals surface area contributed by atoms with E-state index in [1.807, 2.05) is 58.0 Å². The van der Waals surface area contributed by atoms with Crippen molar-refractivity contribution in [2.75, 3.05) is 17.4 Å². The summed E-state index contributed by atoms with van der Waals surface area (Å²) in [5, 5.41) is 2.93. The smallest absolute Gasteiger partial charge is 0.264 e. The van der Waals surface area contributed by atoms with Crippen LogP contribution in [0.15, 0.2) is 89.8 Å². The molecular weight excluding hydrogens is 498 g/mol. The van der Waals surface area contributed by atoms with Gasteiger partial charge in [-0.15, -0.1) is 0 Å². The van der Waals surface area contributed by atoms with E-state index in [9.17, 15) is 18.0 Å². The van der Waals surface area contributed by atoms with Gasteiger partial charge in [-0.3, -0.25) is 13.9 Å². The van der Waals surface area contributed by atoms with Crippen molar-refractivity contribution in [2.24, 2.45) is 0 Å². The molecule has 0 bridgehead atoms. The van der Waals surface area contributed by atoms with Crippen molar-refractivity contribution in [3.05, 3.63) is 96.1 Å². The molecule has 38 heavy (non-hydrogen) atoms. The molecule has 3 aromatic carbocycles. The van der Waals surface area contributed by atoms with Crippen molar-refractivity contribution >= 4 is 27.5 Å². The van der Waals surface area contributed by atoms with Gasteiger partial charge in [-0.2, -0.15) is 0 Å². The molecule has 0 saturated heterocycles. The summed E-state index contributed by atoms with van der Waals surface area (Å²) in [5.74, 6) is -0.761. The standard InChI is InChI=1S/C30H37N3O4S/c1-23-16-18-27(19-17-23)38(36,37)33(26-14-10-7-11-15-26)22-28(34)32(21-20-25-12-8-6-9-13-25)24(2)29(35)31-30(3,4)5/h6-19,24H,20-22H2,1-5H3,(H,31,35)/t24-/m1/s1. The highest BCUT2D eigenvalue weighted by Gasteiger charge is 2.33. The summed E-state index contributed by atoms with van der Waals surface area (Å²) in [6, 6.07) is 23.9. The van der Waals surface area contributed by atoms with Gasteiger partial charge in [0.1, 0.15) is 12.6 Å². The second kappa shape index (κ2) is 12.3. The number of nitrogens with zero attached hydrogens (tertiary/aromatic N) is 2. The molecule has 1 N–H and O–H groups in total. The number of sulfonamides is 1. The number of carbonyl (C=O) groups excluding carboxylic acids is 2. The van der Waals surface area contributed by atoms with E-state index in [4.69, 9.17) is 0 Å². The Kier molecular flexibility index (Phi) is 9.33. The van der Waals surface area contributed by atoms with Crippen LogP contribution in [-0.4, -0.2) is 49.8 Å². The maximum atomic E-state index is 13.8. The molecule has 0 spiro atoms. The van der Waals surface area contributed by atoms with Gasteiger partial charge in [-0.05, 0) is 70.9 Å². The molecule has 0 aliphatic heterocycles. The second-order valence-corrected chi connectivity index (χ2v) is 12.3. The van der Waals surface area contributed by atoms with Crippen molar-refractivity contribution in [2.45, 2.75) is 57.5 Å². The lowest BCUT2D eigenvalue weighted by Crippen LogP contribution is -2.55. The number of carbonyl (C=O) groups is 2. The number of para-hydroxylation sites is 1. The number of hydrogen-bond donors (Lipinski definition) is 1. The van der Waals surface area contributed by atoms with Crippen molar-refractivity contribution < 1.29 is 18.0 Å². The average molecular weight is 536 g/mol. The first-order chi connectivity index (χ1) is 17.9. The molecule has 3 aromatic rings. The average Bonchev–Trinajstić information content (AvgIpc) is 2.87. The van der Waals surface area contributed by atoms with E-state index in [0.717, 1.165) is 15.4 Å². The number of amides is 2. The number of aryl methyl sites for hydroxylation is 1. The predicted molar refractivity (Wildman–Crippen MR) is 151 cm³/mol. The first kappa shape index (κ1) is 28.9. The van der Waals surface area contributed by atoms with E-state index >= 15 is 0 Å². The third kappa shape index (κ3) is 7.68. The third-order valence-corrected chi connectivity index (χ3v) is 7.87. The molecular formula is C30H37N3O4S. The highest BCUT2D eigenvalue weighted by molar-refractivity contribution is 7.92. The molecule has 0 fully saturated rings. The van der Waals surface area contributed by atoms with E-state index in [0.29, 0.717) is 12.1 Å². The van der Waals surface area contributed by atoms with Crippen LogP contribution in [0.2, 0.25) is 0 Å². The van der Waals surface area contributed by atoms with E-state index in [-0.39, 0.29) is 17.3 Å². The fourth-order valence-corrected chi connectivity index (χ4v) is 5.42. The Labute approximate surface area is 226 Å². The van der Waals surface area contributed by atoms with Gasteiger partial charge in [-0.1, -0.05) is 66.2 Å². The Morgan fingerprint density at radius 3 is 1.97 bits per heavy atom. The number of anilines is 1. The zero-order valence-electron chi connectivity index (χ0n) is 22.7. The lowest BCUT2D eigenvalue weighted by Gasteiger charge is -2.33. The van der Waals surface area contributed by atoms with Crippen LogP contribution in [-0.2, 0) is 26.0 Å². The summed E-state index contributed by atoms with van der Waals surface area (Å²) in [4.78, 5) is 28.5. The van der Waals surface area contributed by atoms with E-state index < -0.39 is 34.1 Å². The van der Waals surface area contributed by atoms with Crippen LogP contribution in [0.5, 0.6) is 0 Å². The van der Waals surface area contributed by atoms with Gasteiger partial charge in [0, 0.05) is 12.1 Å². The minimum atomic E-state index is -4.06. The molecule has 0 heterocycles. The van der Waals surface area contributed by atoms with Gasteiger partial charge >= 0.3 is 0 Å². The zero-order valence-corrected chi connectivity index (χ0v) is 23.5. The van der Waals surface area contributed by atoms with E-state index in [1.54, 1.807) is 49.4 Å². The topological polar surface area (TPSA) is 86.8 Å². The Balaban J connectivity index is 1.95. The molecule has 202 valence electrons. The lowest BCUT2D eigenvalue weighted by molar-refractivity contribution is -0.139. The van der Waals surface area contributed by atoms with Gasteiger partial charge < -0.3 is 10.2 Å². The molecule has 7 nitrogen and oxygen atoms in total. The van der Waals surface area contributed by atoms with E-state index in [1.165, 1.54) is 17.0 Å². The summed E-state index contributed by atoms with van der Waals surface area (Å²) >= 11 is 0. The van der Waals surface area contributed by atoms with Crippen LogP contribution < -0.4 is 9.62 Å². The molecule has 2 amide bonds. The number of nitrogens with one attached hydrogen (secondary N) is 1. The molecule has 0 radical (unpaired) electrons. The number of rotatable bonds is 10. The number of benzene rings is 3. The third-order valence-electron chi connectivity index (χ3n) is 6.08. The first-order valence-electron chi connectivity index (χ1n) is 12.7. The summed E-state index contributed by atoms with van der Waals surface area (Å²) in [6.07, 6.45) is 0.524. The van der Waals surface area contributed by atoms with Crippen molar-refractivity contribution in [3.63, 3.8) is 0 Å². The molecule has 3 rings (SSSR count). The maximum absolute atomic E-state index is 13.8. The Morgan fingerprint density at radius 1 is 0.868 bits per heavy atom. The minimum Gasteiger partial charge on any atom is -0.350 e. The highest BCUT2D eigenvalue weighted by atomic mass is 32.2. The lowest BCUT2D eigenvalue weighted by atomic mass is 10.1. The largest absolute Gasteiger partial charge is 0.350 e. The molecule has 0 aromatic heterocycles. The summed E-state index contributed by atoms with van der Waals surface area (Å²) in [6.45, 7) is 8.99. The molecule has 0 aliphatic rings. The molecule has 0 unspecified atom stereocenters. The quantitative estimate of drug-likeness (QED) is 0.412. The Hall–Kier alpha value is -3.65. The van der Waals surface area contributed by atoms with Crippen LogP contribution in [0.3, 0.4) is 0 Å². The predicted octanol–water partition coefficient (Wildman–Crippen LogP) is 4.56. The second-order valence-electron chi connectivity index (χ2n) is 10.4. The zero-order chi connectivity index (χ0) is 27.9. The van der Waals surface area contributed by atoms with Crippen LogP contribution >= 0.6 is 0 Å². The van der Waals surface area contributed by atoms with Gasteiger partial charge in [0.05, 0.1) is 10.6 Å². The summed E-state index contributed by atoms with van der Waals surface area (Å²) in [7, 11) is -4.06. The van der Waals surface area contributed by atoms with Gasteiger partial charge in [0.2, 0.25) is 11.8 Å². The van der Waals surface area contributed by atoms with Crippen LogP contribution in [0.25, 0.3) is 0 Å². The van der Waals surface area contributed by atoms with Crippen LogP contribution in [0.4, 0.5) is 5.69 Å². The first-order valence-corrected chi connectivity index (χ1v) is 14.1. The Bertz CT molecular complexity index is 1320. The summed E-state index contributed by atoms with van der Waals surface area (Å²) in [5.41, 5.74) is 1.83. The van der Waals surface area contributed by atoms with Crippen molar-refractivity contribution in [1.82, 2.24) is 10.2 Å². The number of hydrogen-bond acceptors (Lipinski definition) is 4. The normalized spacial score (nSPS) is 12.4. The summed E-state index contributed by atoms with van der Waals surface area (Å²) < 4.78 is 28.6. The minimum absolute atomic E-state index is 0.0918. The van der Waals surface area contributed by atoms with Gasteiger partial charge in [0.15, 0.2) is 0 Å². The highest BCUT2D eigenvalue weighted by Crippen LogP contribution is 2.24. The van der Waals surface area contributed by atoms with Crippen molar-refractivity contribution in [3.8, 4) is 0 Å². The van der Waals surface area contributed by atoms with Gasteiger partial charge in [0.25, 0.3) is 10.0 Å². The van der Waals surface area contributed by atoms with E-state index in [2.05, 4.69) is 5.32 Å². The SMILES string of the molecule is Cc1ccc(S(=O)(=O)N(CC(=O)N(CCc2ccccc2)[C@H](C)C(=O)NC(C)(C)C)c2ccccc2)cc1. The monoisotopic (exact) mass is 535 g/mol. The maximum Gasteiger partial charge on any atom is 0.264 e. The van der Waals surface area contributed by atoms with Crippen LogP contribution in [0.1, 0.15) is 38.8 Å². The van der Waals surface area contributed by atoms with Gasteiger partial charge in [-0.25, -0.2) is 8.42 Å². The Morgan fingerprint density at radius 2 is 1.42 bits per heavy atom. The fraction of sp³-hybridized carbons (Fsp3) is 0.333. The molecule has 0 saturated carbocycles. The molecule has 0 aliphatic carbocycles. The van der Waals surface area contributed by atoms with Crippen LogP contribution in [0, 0.1) is 6.92 Å². The molecule has 8 heteroatoms.